The summed E-state index contributed by atoms with van der Waals surface area (Å²) in [6.45, 7) is 2.14. The number of hydrogen-bond donors (Lipinski definition) is 1. The Kier molecular flexibility index (Phi) is 4.49. The van der Waals surface area contributed by atoms with Crippen molar-refractivity contribution in [2.45, 2.75) is 38.3 Å². The van der Waals surface area contributed by atoms with Crippen molar-refractivity contribution in [1.29, 1.82) is 0 Å². The molecule has 0 aromatic heterocycles. The first-order valence-corrected chi connectivity index (χ1v) is 6.80. The van der Waals surface area contributed by atoms with Crippen LogP contribution in [0.3, 0.4) is 0 Å². The van der Waals surface area contributed by atoms with Crippen molar-refractivity contribution in [3.63, 3.8) is 0 Å². The molecule has 2 atom stereocenters. The molecular weight excluding hydrogens is 253 g/mol. The third-order valence-corrected chi connectivity index (χ3v) is 3.71. The van der Waals surface area contributed by atoms with E-state index in [1.54, 1.807) is 6.07 Å². The van der Waals surface area contributed by atoms with Crippen LogP contribution >= 0.6 is 23.2 Å². The van der Waals surface area contributed by atoms with E-state index in [4.69, 9.17) is 23.2 Å². The molecule has 0 spiro atoms. The van der Waals surface area contributed by atoms with E-state index in [-0.39, 0.29) is 6.04 Å². The summed E-state index contributed by atoms with van der Waals surface area (Å²) in [5.74, 6) is 0. The van der Waals surface area contributed by atoms with Crippen LogP contribution in [-0.2, 0) is 0 Å². The predicted molar refractivity (Wildman–Crippen MR) is 74.8 cm³/mol. The summed E-state index contributed by atoms with van der Waals surface area (Å²) in [4.78, 5) is 0. The normalized spacial score (nSPS) is 21.5. The van der Waals surface area contributed by atoms with Gasteiger partial charge in [-0.1, -0.05) is 41.4 Å². The van der Waals surface area contributed by atoms with E-state index < -0.39 is 0 Å². The Balaban J connectivity index is 2.05. The molecule has 3 heteroatoms. The quantitative estimate of drug-likeness (QED) is 0.781. The smallest absolute Gasteiger partial charge is 0.0468 e. The fraction of sp³-hybridized carbons (Fsp3) is 0.429. The van der Waals surface area contributed by atoms with Crippen LogP contribution in [0.5, 0.6) is 0 Å². The average molecular weight is 270 g/mol. The van der Waals surface area contributed by atoms with Crippen molar-refractivity contribution in [1.82, 2.24) is 5.32 Å². The molecule has 1 aliphatic carbocycles. The maximum atomic E-state index is 6.20. The maximum Gasteiger partial charge on any atom is 0.0468 e. The van der Waals surface area contributed by atoms with Gasteiger partial charge in [-0.2, -0.15) is 0 Å². The fourth-order valence-electron chi connectivity index (χ4n) is 2.21. The van der Waals surface area contributed by atoms with E-state index >= 15 is 0 Å². The van der Waals surface area contributed by atoms with Crippen LogP contribution in [0.4, 0.5) is 0 Å². The number of allylic oxidation sites excluding steroid dienone is 1. The summed E-state index contributed by atoms with van der Waals surface area (Å²) < 4.78 is 0. The molecule has 0 fully saturated rings. The molecule has 1 N–H and O–H groups in total. The lowest BCUT2D eigenvalue weighted by molar-refractivity contribution is 0.467. The van der Waals surface area contributed by atoms with E-state index in [2.05, 4.69) is 24.4 Å². The SMILES string of the molecule is CC(NC1C=CCCC1)c1ccc(Cl)cc1Cl. The molecule has 2 rings (SSSR count). The largest absolute Gasteiger partial charge is 0.304 e. The molecule has 0 radical (unpaired) electrons. The van der Waals surface area contributed by atoms with E-state index in [9.17, 15) is 0 Å². The summed E-state index contributed by atoms with van der Waals surface area (Å²) in [5, 5.41) is 5.00. The van der Waals surface area contributed by atoms with Crippen molar-refractivity contribution < 1.29 is 0 Å². The van der Waals surface area contributed by atoms with Gasteiger partial charge in [0.25, 0.3) is 0 Å². The molecule has 0 heterocycles. The van der Waals surface area contributed by atoms with Gasteiger partial charge in [0, 0.05) is 22.1 Å². The van der Waals surface area contributed by atoms with Crippen molar-refractivity contribution in [2.75, 3.05) is 0 Å². The second-order valence-corrected chi connectivity index (χ2v) is 5.36. The average Bonchev–Trinajstić information content (AvgIpc) is 2.30. The number of nitrogens with one attached hydrogen (secondary N) is 1. The van der Waals surface area contributed by atoms with Gasteiger partial charge in [0.15, 0.2) is 0 Å². The van der Waals surface area contributed by atoms with Gasteiger partial charge in [-0.25, -0.2) is 0 Å². The Morgan fingerprint density at radius 1 is 1.35 bits per heavy atom. The van der Waals surface area contributed by atoms with E-state index in [1.165, 1.54) is 19.3 Å². The lowest BCUT2D eigenvalue weighted by Crippen LogP contribution is -2.31. The number of halogens is 2. The Morgan fingerprint density at radius 2 is 2.18 bits per heavy atom. The molecule has 92 valence electrons. The van der Waals surface area contributed by atoms with Crippen LogP contribution in [0.2, 0.25) is 10.0 Å². The fourth-order valence-corrected chi connectivity index (χ4v) is 2.79. The highest BCUT2D eigenvalue weighted by atomic mass is 35.5. The van der Waals surface area contributed by atoms with Crippen LogP contribution in [0, 0.1) is 0 Å². The molecule has 2 unspecified atom stereocenters. The zero-order valence-corrected chi connectivity index (χ0v) is 11.4. The minimum atomic E-state index is 0.243. The zero-order chi connectivity index (χ0) is 12.3. The van der Waals surface area contributed by atoms with Crippen LogP contribution < -0.4 is 5.32 Å². The van der Waals surface area contributed by atoms with Gasteiger partial charge in [0.1, 0.15) is 0 Å². The molecular formula is C14H17Cl2N. The first-order valence-electron chi connectivity index (χ1n) is 6.04. The molecule has 1 aliphatic rings. The summed E-state index contributed by atoms with van der Waals surface area (Å²) in [5.41, 5.74) is 1.11. The lowest BCUT2D eigenvalue weighted by atomic mass is 10.0. The Morgan fingerprint density at radius 3 is 2.82 bits per heavy atom. The molecule has 0 amide bonds. The van der Waals surface area contributed by atoms with Crippen molar-refractivity contribution in [3.8, 4) is 0 Å². The molecule has 0 bridgehead atoms. The van der Waals surface area contributed by atoms with Crippen LogP contribution in [-0.4, -0.2) is 6.04 Å². The summed E-state index contributed by atoms with van der Waals surface area (Å²) >= 11 is 12.1. The topological polar surface area (TPSA) is 12.0 Å². The van der Waals surface area contributed by atoms with Gasteiger partial charge >= 0.3 is 0 Å². The van der Waals surface area contributed by atoms with Crippen LogP contribution in [0.15, 0.2) is 30.4 Å². The van der Waals surface area contributed by atoms with Crippen molar-refractivity contribution in [3.05, 3.63) is 46.0 Å². The molecule has 1 aromatic rings. The molecule has 0 saturated heterocycles. The molecule has 1 nitrogen and oxygen atoms in total. The number of benzene rings is 1. The minimum absolute atomic E-state index is 0.243. The molecule has 0 saturated carbocycles. The standard InChI is InChI=1S/C14H17Cl2N/c1-10(17-12-5-3-2-4-6-12)13-8-7-11(15)9-14(13)16/h3,5,7-10,12,17H,2,4,6H2,1H3. The first kappa shape index (κ1) is 12.9. The van der Waals surface area contributed by atoms with Crippen LogP contribution in [0.25, 0.3) is 0 Å². The van der Waals surface area contributed by atoms with Crippen molar-refractivity contribution >= 4 is 23.2 Å². The second kappa shape index (κ2) is 5.90. The summed E-state index contributed by atoms with van der Waals surface area (Å²) in [6.07, 6.45) is 8.16. The van der Waals surface area contributed by atoms with Gasteiger partial charge < -0.3 is 5.32 Å². The van der Waals surface area contributed by atoms with Crippen molar-refractivity contribution in [2.24, 2.45) is 0 Å². The summed E-state index contributed by atoms with van der Waals surface area (Å²) in [6, 6.07) is 6.39. The molecule has 17 heavy (non-hydrogen) atoms. The van der Waals surface area contributed by atoms with Gasteiger partial charge in [-0.05, 0) is 43.9 Å². The predicted octanol–water partition coefficient (Wildman–Crippen LogP) is 4.75. The Hall–Kier alpha value is -0.500. The second-order valence-electron chi connectivity index (χ2n) is 4.52. The van der Waals surface area contributed by atoms with Gasteiger partial charge in [0.2, 0.25) is 0 Å². The molecule has 1 aromatic carbocycles. The van der Waals surface area contributed by atoms with E-state index in [0.29, 0.717) is 11.1 Å². The third kappa shape index (κ3) is 3.48. The Bertz CT molecular complexity index is 415. The Labute approximate surface area is 113 Å². The van der Waals surface area contributed by atoms with E-state index in [0.717, 1.165) is 10.6 Å². The third-order valence-electron chi connectivity index (χ3n) is 3.15. The maximum absolute atomic E-state index is 6.20. The van der Waals surface area contributed by atoms with Gasteiger partial charge in [-0.3, -0.25) is 0 Å². The monoisotopic (exact) mass is 269 g/mol. The number of rotatable bonds is 3. The number of hydrogen-bond acceptors (Lipinski definition) is 1. The van der Waals surface area contributed by atoms with Crippen LogP contribution in [0.1, 0.15) is 37.8 Å². The summed E-state index contributed by atoms with van der Waals surface area (Å²) in [7, 11) is 0. The minimum Gasteiger partial charge on any atom is -0.304 e. The lowest BCUT2D eigenvalue weighted by Gasteiger charge is -2.23. The highest BCUT2D eigenvalue weighted by Gasteiger charge is 2.14. The van der Waals surface area contributed by atoms with Gasteiger partial charge in [0.05, 0.1) is 0 Å². The first-order chi connectivity index (χ1) is 8.16. The highest BCUT2D eigenvalue weighted by Crippen LogP contribution is 2.27. The zero-order valence-electron chi connectivity index (χ0n) is 9.92. The van der Waals surface area contributed by atoms with E-state index in [1.807, 2.05) is 12.1 Å². The van der Waals surface area contributed by atoms with Gasteiger partial charge in [-0.15, -0.1) is 0 Å². The molecule has 0 aliphatic heterocycles. The highest BCUT2D eigenvalue weighted by molar-refractivity contribution is 6.35.